The molecule has 1 amide bonds. The molecule has 0 bridgehead atoms. The molecular formula is C15H22N2O2. The average molecular weight is 262 g/mol. The van der Waals surface area contributed by atoms with E-state index >= 15 is 0 Å². The van der Waals surface area contributed by atoms with Gasteiger partial charge in [-0.05, 0) is 51.4 Å². The van der Waals surface area contributed by atoms with Gasteiger partial charge in [-0.25, -0.2) is 0 Å². The Morgan fingerprint density at radius 2 is 2.21 bits per heavy atom. The van der Waals surface area contributed by atoms with E-state index in [1.807, 2.05) is 11.9 Å². The van der Waals surface area contributed by atoms with Crippen LogP contribution in [0.5, 0.6) is 5.75 Å². The van der Waals surface area contributed by atoms with E-state index in [0.717, 1.165) is 32.4 Å². The molecule has 4 nitrogen and oxygen atoms in total. The quantitative estimate of drug-likeness (QED) is 0.872. The predicted octanol–water partition coefficient (Wildman–Crippen LogP) is 2.00. The number of nitrogens with zero attached hydrogens (tertiary/aromatic N) is 1. The molecule has 2 rings (SSSR count). The number of phenols is 1. The molecule has 1 saturated heterocycles. The number of carbonyl (C=O) groups excluding carboxylic acids is 1. The first kappa shape index (κ1) is 13.9. The van der Waals surface area contributed by atoms with E-state index in [1.54, 1.807) is 24.3 Å². The maximum Gasteiger partial charge on any atom is 0.257 e. The maximum atomic E-state index is 12.5. The third-order valence-electron chi connectivity index (χ3n) is 3.75. The van der Waals surface area contributed by atoms with Crippen molar-refractivity contribution >= 4 is 5.91 Å². The molecule has 0 saturated carbocycles. The minimum atomic E-state index is -0.0427. The van der Waals surface area contributed by atoms with Gasteiger partial charge in [-0.1, -0.05) is 12.1 Å². The van der Waals surface area contributed by atoms with Gasteiger partial charge in [0.25, 0.3) is 5.91 Å². The fourth-order valence-electron chi connectivity index (χ4n) is 2.69. The number of hydrogen-bond donors (Lipinski definition) is 2. The summed E-state index contributed by atoms with van der Waals surface area (Å²) < 4.78 is 0. The summed E-state index contributed by atoms with van der Waals surface area (Å²) in [7, 11) is 1.93. The highest BCUT2D eigenvalue weighted by Gasteiger charge is 2.28. The Morgan fingerprint density at radius 1 is 1.42 bits per heavy atom. The molecule has 1 atom stereocenters. The molecule has 0 aliphatic carbocycles. The van der Waals surface area contributed by atoms with Gasteiger partial charge in [0, 0.05) is 12.6 Å². The van der Waals surface area contributed by atoms with Gasteiger partial charge in [0.1, 0.15) is 5.75 Å². The molecule has 1 aromatic carbocycles. The van der Waals surface area contributed by atoms with E-state index in [4.69, 9.17) is 0 Å². The lowest BCUT2D eigenvalue weighted by molar-refractivity contribution is 0.0599. The summed E-state index contributed by atoms with van der Waals surface area (Å²) in [6.07, 6.45) is 4.26. The van der Waals surface area contributed by atoms with Crippen LogP contribution >= 0.6 is 0 Å². The number of carbonyl (C=O) groups is 1. The molecule has 1 aromatic rings. The molecule has 0 aromatic heterocycles. The summed E-state index contributed by atoms with van der Waals surface area (Å²) in [5.41, 5.74) is 0.416. The first-order valence-corrected chi connectivity index (χ1v) is 6.97. The number of piperidine rings is 1. The summed E-state index contributed by atoms with van der Waals surface area (Å²) in [6.45, 7) is 1.71. The lowest BCUT2D eigenvalue weighted by Crippen LogP contribution is -2.44. The van der Waals surface area contributed by atoms with E-state index in [-0.39, 0.29) is 17.7 Å². The van der Waals surface area contributed by atoms with E-state index in [9.17, 15) is 9.90 Å². The van der Waals surface area contributed by atoms with Crippen molar-refractivity contribution in [2.75, 3.05) is 20.1 Å². The lowest BCUT2D eigenvalue weighted by atomic mass is 9.98. The maximum absolute atomic E-state index is 12.5. The number of nitrogens with one attached hydrogen (secondary N) is 1. The van der Waals surface area contributed by atoms with Crippen molar-refractivity contribution in [2.24, 2.45) is 0 Å². The lowest BCUT2D eigenvalue weighted by Gasteiger charge is -2.36. The second-order valence-corrected chi connectivity index (χ2v) is 5.06. The number of aromatic hydroxyl groups is 1. The fraction of sp³-hybridized carbons (Fsp3) is 0.533. The van der Waals surface area contributed by atoms with Gasteiger partial charge in [0.2, 0.25) is 0 Å². The van der Waals surface area contributed by atoms with Crippen LogP contribution in [-0.4, -0.2) is 42.1 Å². The van der Waals surface area contributed by atoms with Crippen LogP contribution in [0.4, 0.5) is 0 Å². The zero-order valence-electron chi connectivity index (χ0n) is 11.4. The van der Waals surface area contributed by atoms with Crippen LogP contribution in [0.2, 0.25) is 0 Å². The summed E-state index contributed by atoms with van der Waals surface area (Å²) in [4.78, 5) is 14.5. The largest absolute Gasteiger partial charge is 0.507 e. The highest BCUT2D eigenvalue weighted by Crippen LogP contribution is 2.25. The van der Waals surface area contributed by atoms with Crippen LogP contribution in [-0.2, 0) is 0 Å². The molecule has 1 unspecified atom stereocenters. The topological polar surface area (TPSA) is 52.6 Å². The predicted molar refractivity (Wildman–Crippen MR) is 75.3 cm³/mol. The Hall–Kier alpha value is -1.55. The van der Waals surface area contributed by atoms with Crippen LogP contribution in [0.3, 0.4) is 0 Å². The third-order valence-corrected chi connectivity index (χ3v) is 3.75. The Balaban J connectivity index is 2.13. The van der Waals surface area contributed by atoms with Crippen molar-refractivity contribution in [1.82, 2.24) is 10.2 Å². The zero-order valence-corrected chi connectivity index (χ0v) is 11.4. The number of phenolic OH excluding ortho intramolecular Hbond substituents is 1. The van der Waals surface area contributed by atoms with Crippen molar-refractivity contribution in [3.8, 4) is 5.75 Å². The Bertz CT molecular complexity index is 434. The molecule has 2 N–H and O–H groups in total. The van der Waals surface area contributed by atoms with E-state index in [2.05, 4.69) is 5.32 Å². The van der Waals surface area contributed by atoms with Crippen LogP contribution in [0.25, 0.3) is 0 Å². The standard InChI is InChI=1S/C15H22N2O2/c1-16-10-9-12-6-4-5-11-17(12)15(19)13-7-2-3-8-14(13)18/h2-3,7-8,12,16,18H,4-6,9-11H2,1H3. The van der Waals surface area contributed by atoms with Crippen molar-refractivity contribution in [3.05, 3.63) is 29.8 Å². The smallest absolute Gasteiger partial charge is 0.257 e. The molecule has 0 spiro atoms. The summed E-state index contributed by atoms with van der Waals surface area (Å²) in [5.74, 6) is 0.0318. The molecule has 1 fully saturated rings. The van der Waals surface area contributed by atoms with Crippen LogP contribution < -0.4 is 5.32 Å². The van der Waals surface area contributed by atoms with Gasteiger partial charge in [-0.3, -0.25) is 4.79 Å². The van der Waals surface area contributed by atoms with Gasteiger partial charge < -0.3 is 15.3 Å². The van der Waals surface area contributed by atoms with Gasteiger partial charge in [0.05, 0.1) is 5.56 Å². The van der Waals surface area contributed by atoms with Crippen LogP contribution in [0.15, 0.2) is 24.3 Å². The summed E-state index contributed by atoms with van der Waals surface area (Å²) >= 11 is 0. The van der Waals surface area contributed by atoms with Crippen molar-refractivity contribution in [3.63, 3.8) is 0 Å². The van der Waals surface area contributed by atoms with Gasteiger partial charge in [-0.15, -0.1) is 0 Å². The number of rotatable bonds is 4. The normalized spacial score (nSPS) is 19.4. The van der Waals surface area contributed by atoms with Gasteiger partial charge in [-0.2, -0.15) is 0 Å². The third kappa shape index (κ3) is 3.26. The minimum Gasteiger partial charge on any atom is -0.507 e. The second kappa shape index (κ2) is 6.57. The SMILES string of the molecule is CNCCC1CCCCN1C(=O)c1ccccc1O. The van der Waals surface area contributed by atoms with E-state index in [0.29, 0.717) is 5.56 Å². The van der Waals surface area contributed by atoms with Crippen LogP contribution in [0, 0.1) is 0 Å². The second-order valence-electron chi connectivity index (χ2n) is 5.06. The molecule has 19 heavy (non-hydrogen) atoms. The monoisotopic (exact) mass is 262 g/mol. The zero-order chi connectivity index (χ0) is 13.7. The Labute approximate surface area is 114 Å². The highest BCUT2D eigenvalue weighted by molar-refractivity contribution is 5.97. The molecule has 1 heterocycles. The Kier molecular flexibility index (Phi) is 4.80. The number of para-hydroxylation sites is 1. The summed E-state index contributed by atoms with van der Waals surface area (Å²) in [5, 5.41) is 13.0. The molecule has 1 aliphatic rings. The van der Waals surface area contributed by atoms with Crippen LogP contribution in [0.1, 0.15) is 36.0 Å². The molecule has 4 heteroatoms. The highest BCUT2D eigenvalue weighted by atomic mass is 16.3. The van der Waals surface area contributed by atoms with Gasteiger partial charge >= 0.3 is 0 Å². The number of benzene rings is 1. The summed E-state index contributed by atoms with van der Waals surface area (Å²) in [6, 6.07) is 7.08. The van der Waals surface area contributed by atoms with Crippen molar-refractivity contribution in [2.45, 2.75) is 31.7 Å². The average Bonchev–Trinajstić information content (AvgIpc) is 2.45. The van der Waals surface area contributed by atoms with Crippen molar-refractivity contribution < 1.29 is 9.90 Å². The van der Waals surface area contributed by atoms with E-state index < -0.39 is 0 Å². The molecular weight excluding hydrogens is 240 g/mol. The fourth-order valence-corrected chi connectivity index (χ4v) is 2.69. The minimum absolute atomic E-state index is 0.0427. The molecule has 1 aliphatic heterocycles. The number of likely N-dealkylation sites (tertiary alicyclic amines) is 1. The first-order chi connectivity index (χ1) is 9.24. The molecule has 104 valence electrons. The van der Waals surface area contributed by atoms with Crippen molar-refractivity contribution in [1.29, 1.82) is 0 Å². The first-order valence-electron chi connectivity index (χ1n) is 6.97. The van der Waals surface area contributed by atoms with Gasteiger partial charge in [0.15, 0.2) is 0 Å². The molecule has 0 radical (unpaired) electrons. The van der Waals surface area contributed by atoms with E-state index in [1.165, 1.54) is 6.42 Å². The number of hydrogen-bond acceptors (Lipinski definition) is 3. The Morgan fingerprint density at radius 3 is 2.95 bits per heavy atom. The number of amides is 1.